The Morgan fingerprint density at radius 3 is 2.62 bits per heavy atom. The lowest BCUT2D eigenvalue weighted by Crippen LogP contribution is -2.31. The third kappa shape index (κ3) is 5.22. The van der Waals surface area contributed by atoms with Crippen LogP contribution in [0.15, 0.2) is 16.9 Å². The molecule has 1 heterocycles. The van der Waals surface area contributed by atoms with E-state index in [9.17, 15) is 22.8 Å². The molecule has 21 heavy (non-hydrogen) atoms. The van der Waals surface area contributed by atoms with Crippen molar-refractivity contribution in [1.29, 1.82) is 0 Å². The summed E-state index contributed by atoms with van der Waals surface area (Å²) in [6.07, 6.45) is -3.36. The number of alkyl halides is 3. The number of aliphatic hydroxyl groups excluding tert-OH is 1. The number of hydrogen-bond donors (Lipinski definition) is 3. The van der Waals surface area contributed by atoms with Crippen LogP contribution in [0.4, 0.5) is 13.2 Å². The van der Waals surface area contributed by atoms with E-state index < -0.39 is 23.3 Å². The van der Waals surface area contributed by atoms with Crippen molar-refractivity contribution in [3.05, 3.63) is 33.7 Å². The molecule has 3 N–H and O–H groups in total. The highest BCUT2D eigenvalue weighted by atomic mass is 19.4. The van der Waals surface area contributed by atoms with E-state index >= 15 is 0 Å². The van der Waals surface area contributed by atoms with Gasteiger partial charge in [-0.25, -0.2) is 0 Å². The molecule has 0 aromatic carbocycles. The molecule has 8 heteroatoms. The van der Waals surface area contributed by atoms with Gasteiger partial charge in [0.25, 0.3) is 11.5 Å². The lowest BCUT2D eigenvalue weighted by atomic mass is 10.1. The third-order valence-electron chi connectivity index (χ3n) is 2.93. The maximum absolute atomic E-state index is 12.4. The van der Waals surface area contributed by atoms with Crippen LogP contribution in [0.2, 0.25) is 0 Å². The Morgan fingerprint density at radius 2 is 2.10 bits per heavy atom. The van der Waals surface area contributed by atoms with Crippen LogP contribution in [0, 0.1) is 5.92 Å². The van der Waals surface area contributed by atoms with Crippen molar-refractivity contribution in [3.63, 3.8) is 0 Å². The molecule has 0 aliphatic carbocycles. The predicted octanol–water partition coefficient (Wildman–Crippen LogP) is 1.53. The van der Waals surface area contributed by atoms with Crippen LogP contribution >= 0.6 is 0 Å². The highest BCUT2D eigenvalue weighted by Crippen LogP contribution is 2.26. The normalized spacial score (nSPS) is 13.0. The van der Waals surface area contributed by atoms with E-state index in [1.165, 1.54) is 0 Å². The number of nitrogens with one attached hydrogen (secondary N) is 2. The molecule has 1 amide bonds. The molecule has 5 nitrogen and oxygen atoms in total. The molecule has 0 saturated carbocycles. The van der Waals surface area contributed by atoms with E-state index in [2.05, 4.69) is 5.32 Å². The number of rotatable bonds is 6. The number of carbonyl (C=O) groups excluding carboxylic acids is 1. The van der Waals surface area contributed by atoms with Crippen LogP contribution in [-0.2, 0) is 6.18 Å². The van der Waals surface area contributed by atoms with Gasteiger partial charge in [0.1, 0.15) is 11.3 Å². The molecule has 0 saturated heterocycles. The number of H-pyrrole nitrogens is 1. The smallest absolute Gasteiger partial charge is 0.396 e. The monoisotopic (exact) mass is 306 g/mol. The Hall–Kier alpha value is -1.83. The molecule has 0 fully saturated rings. The van der Waals surface area contributed by atoms with Gasteiger partial charge in [0.15, 0.2) is 0 Å². The number of pyridine rings is 1. The lowest BCUT2D eigenvalue weighted by Gasteiger charge is -2.09. The predicted molar refractivity (Wildman–Crippen MR) is 69.9 cm³/mol. The van der Waals surface area contributed by atoms with Gasteiger partial charge in [-0.3, -0.25) is 9.59 Å². The van der Waals surface area contributed by atoms with E-state index in [0.717, 1.165) is 6.07 Å². The minimum absolute atomic E-state index is 0.0481. The Balaban J connectivity index is 2.61. The molecule has 0 spiro atoms. The standard InChI is InChI=1S/C13H17F3N2O3/c1-8(7-19)3-2-6-17-11(20)9-4-5-10(13(14,15)16)18-12(9)21/h4-5,8,19H,2-3,6-7H2,1H3,(H,17,20)(H,18,21). The van der Waals surface area contributed by atoms with E-state index in [1.54, 1.807) is 4.98 Å². The third-order valence-corrected chi connectivity index (χ3v) is 2.93. The van der Waals surface area contributed by atoms with Gasteiger partial charge in [-0.15, -0.1) is 0 Å². The maximum atomic E-state index is 12.4. The van der Waals surface area contributed by atoms with E-state index in [0.29, 0.717) is 18.9 Å². The van der Waals surface area contributed by atoms with Crippen molar-refractivity contribution >= 4 is 5.91 Å². The van der Waals surface area contributed by atoms with Gasteiger partial charge in [-0.1, -0.05) is 6.92 Å². The Bertz CT molecular complexity index is 540. The zero-order valence-electron chi connectivity index (χ0n) is 11.5. The van der Waals surface area contributed by atoms with Crippen LogP contribution in [0.3, 0.4) is 0 Å². The highest BCUT2D eigenvalue weighted by molar-refractivity contribution is 5.93. The zero-order valence-corrected chi connectivity index (χ0v) is 11.5. The molecule has 1 unspecified atom stereocenters. The number of halogens is 3. The maximum Gasteiger partial charge on any atom is 0.431 e. The first-order valence-electron chi connectivity index (χ1n) is 6.45. The largest absolute Gasteiger partial charge is 0.431 e. The molecule has 1 atom stereocenters. The fourth-order valence-electron chi connectivity index (χ4n) is 1.66. The van der Waals surface area contributed by atoms with Crippen molar-refractivity contribution in [2.45, 2.75) is 25.9 Å². The summed E-state index contributed by atoms with van der Waals surface area (Å²) in [4.78, 5) is 24.8. The van der Waals surface area contributed by atoms with Crippen LogP contribution in [0.5, 0.6) is 0 Å². The van der Waals surface area contributed by atoms with E-state index in [1.807, 2.05) is 6.92 Å². The van der Waals surface area contributed by atoms with Crippen molar-refractivity contribution in [3.8, 4) is 0 Å². The quantitative estimate of drug-likeness (QED) is 0.697. The fourth-order valence-corrected chi connectivity index (χ4v) is 1.66. The van der Waals surface area contributed by atoms with Crippen molar-refractivity contribution < 1.29 is 23.1 Å². The van der Waals surface area contributed by atoms with Gasteiger partial charge in [0, 0.05) is 13.2 Å². The number of carbonyl (C=O) groups is 1. The topological polar surface area (TPSA) is 82.2 Å². The molecule has 118 valence electrons. The Morgan fingerprint density at radius 1 is 1.43 bits per heavy atom. The summed E-state index contributed by atoms with van der Waals surface area (Å²) in [6.45, 7) is 2.18. The summed E-state index contributed by atoms with van der Waals surface area (Å²) in [6, 6.07) is 1.51. The minimum atomic E-state index is -4.66. The number of hydrogen-bond acceptors (Lipinski definition) is 3. The number of aliphatic hydroxyl groups is 1. The number of amides is 1. The van der Waals surface area contributed by atoms with E-state index in [-0.39, 0.29) is 24.6 Å². The molecule has 0 radical (unpaired) electrons. The van der Waals surface area contributed by atoms with Crippen LogP contribution in [0.1, 0.15) is 35.8 Å². The van der Waals surface area contributed by atoms with Crippen LogP contribution in [-0.4, -0.2) is 29.1 Å². The Labute approximate surface area is 119 Å². The van der Waals surface area contributed by atoms with Crippen molar-refractivity contribution in [2.24, 2.45) is 5.92 Å². The first-order valence-corrected chi connectivity index (χ1v) is 6.45. The highest BCUT2D eigenvalue weighted by Gasteiger charge is 2.32. The van der Waals surface area contributed by atoms with E-state index in [4.69, 9.17) is 5.11 Å². The second-order valence-electron chi connectivity index (χ2n) is 4.80. The molecule has 0 aliphatic rings. The van der Waals surface area contributed by atoms with Gasteiger partial charge in [-0.2, -0.15) is 13.2 Å². The average molecular weight is 306 g/mol. The van der Waals surface area contributed by atoms with Gasteiger partial charge in [0.2, 0.25) is 0 Å². The molecule has 0 bridgehead atoms. The fraction of sp³-hybridized carbons (Fsp3) is 0.538. The molecule has 1 aromatic heterocycles. The molecule has 0 aliphatic heterocycles. The summed E-state index contributed by atoms with van der Waals surface area (Å²) in [5.74, 6) is -0.613. The van der Waals surface area contributed by atoms with Gasteiger partial charge >= 0.3 is 6.18 Å². The van der Waals surface area contributed by atoms with Crippen molar-refractivity contribution in [1.82, 2.24) is 10.3 Å². The second kappa shape index (κ2) is 7.26. The number of aromatic nitrogens is 1. The Kier molecular flexibility index (Phi) is 5.95. The van der Waals surface area contributed by atoms with Gasteiger partial charge in [-0.05, 0) is 30.9 Å². The molecular formula is C13H17F3N2O3. The summed E-state index contributed by atoms with van der Waals surface area (Å²) in [5, 5.41) is 11.3. The molecule has 1 rings (SSSR count). The first kappa shape index (κ1) is 17.2. The van der Waals surface area contributed by atoms with Crippen LogP contribution in [0.25, 0.3) is 0 Å². The summed E-state index contributed by atoms with van der Waals surface area (Å²) < 4.78 is 37.1. The van der Waals surface area contributed by atoms with Gasteiger partial charge in [0.05, 0.1) is 0 Å². The van der Waals surface area contributed by atoms with Crippen molar-refractivity contribution in [2.75, 3.05) is 13.2 Å². The number of aromatic amines is 1. The summed E-state index contributed by atoms with van der Waals surface area (Å²) >= 11 is 0. The SMILES string of the molecule is CC(CO)CCCNC(=O)c1ccc(C(F)(F)F)[nH]c1=O. The molecular weight excluding hydrogens is 289 g/mol. The lowest BCUT2D eigenvalue weighted by molar-refractivity contribution is -0.141. The average Bonchev–Trinajstić information content (AvgIpc) is 2.41. The molecule has 1 aromatic rings. The second-order valence-corrected chi connectivity index (χ2v) is 4.80. The van der Waals surface area contributed by atoms with Gasteiger partial charge < -0.3 is 15.4 Å². The summed E-state index contributed by atoms with van der Waals surface area (Å²) in [5.41, 5.74) is -2.63. The zero-order chi connectivity index (χ0) is 16.0. The first-order chi connectivity index (χ1) is 9.75. The van der Waals surface area contributed by atoms with Crippen LogP contribution < -0.4 is 10.9 Å². The summed E-state index contributed by atoms with van der Waals surface area (Å²) in [7, 11) is 0. The minimum Gasteiger partial charge on any atom is -0.396 e.